The van der Waals surface area contributed by atoms with Gasteiger partial charge in [0.15, 0.2) is 5.76 Å². The average molecular weight is 322 g/mol. The Bertz CT molecular complexity index is 609. The zero-order valence-corrected chi connectivity index (χ0v) is 12.8. The molecule has 1 saturated heterocycles. The van der Waals surface area contributed by atoms with E-state index in [1.165, 1.54) is 13.0 Å². The van der Waals surface area contributed by atoms with Gasteiger partial charge in [0.05, 0.1) is 6.10 Å². The van der Waals surface area contributed by atoms with Crippen molar-refractivity contribution in [2.75, 3.05) is 20.2 Å². The van der Waals surface area contributed by atoms with Gasteiger partial charge < -0.3 is 14.1 Å². The van der Waals surface area contributed by atoms with Crippen molar-refractivity contribution >= 4 is 25.6 Å². The number of methoxy groups -OCH3 is 1. The van der Waals surface area contributed by atoms with E-state index in [9.17, 15) is 13.2 Å². The number of rotatable bonds is 3. The lowest BCUT2D eigenvalue weighted by Gasteiger charge is -2.31. The summed E-state index contributed by atoms with van der Waals surface area (Å²) in [7, 11) is 2.98. The zero-order chi connectivity index (χ0) is 14.9. The molecule has 8 heteroatoms. The largest absolute Gasteiger partial charge is 0.455 e. The lowest BCUT2D eigenvalue weighted by Crippen LogP contribution is -2.42. The van der Waals surface area contributed by atoms with Crippen LogP contribution >= 0.6 is 10.7 Å². The molecule has 6 nitrogen and oxygen atoms in total. The first kappa shape index (κ1) is 15.3. The van der Waals surface area contributed by atoms with Crippen LogP contribution in [0.5, 0.6) is 0 Å². The molecule has 0 aromatic carbocycles. The number of aryl methyl sites for hydroxylation is 1. The van der Waals surface area contributed by atoms with Crippen molar-refractivity contribution in [3.05, 3.63) is 17.6 Å². The Morgan fingerprint density at radius 2 is 2.25 bits per heavy atom. The standard InChI is InChI=1S/C12H16ClNO5S/c1-8-11(20(13,16)17)6-10(19-8)12(15)14-5-3-4-9(7-14)18-2/h6,9H,3-5,7H2,1-2H3. The molecule has 20 heavy (non-hydrogen) atoms. The molecule has 0 bridgehead atoms. The summed E-state index contributed by atoms with van der Waals surface area (Å²) < 4.78 is 33.1. The SMILES string of the molecule is COC1CCCN(C(=O)c2cc(S(=O)(=O)Cl)c(C)o2)C1. The quantitative estimate of drug-likeness (QED) is 0.793. The van der Waals surface area contributed by atoms with E-state index in [2.05, 4.69) is 0 Å². The molecule has 112 valence electrons. The molecule has 1 fully saturated rings. The van der Waals surface area contributed by atoms with Crippen LogP contribution in [-0.4, -0.2) is 45.5 Å². The highest BCUT2D eigenvalue weighted by Crippen LogP contribution is 2.25. The van der Waals surface area contributed by atoms with E-state index in [0.29, 0.717) is 13.1 Å². The Balaban J connectivity index is 2.22. The second kappa shape index (κ2) is 5.75. The third-order valence-electron chi connectivity index (χ3n) is 3.34. The molecule has 1 atom stereocenters. The van der Waals surface area contributed by atoms with Crippen LogP contribution in [0.3, 0.4) is 0 Å². The smallest absolute Gasteiger partial charge is 0.289 e. The fraction of sp³-hybridized carbons (Fsp3) is 0.583. The molecule has 1 aromatic heterocycles. The summed E-state index contributed by atoms with van der Waals surface area (Å²) in [6.45, 7) is 2.53. The van der Waals surface area contributed by atoms with Crippen molar-refractivity contribution in [1.82, 2.24) is 4.90 Å². The van der Waals surface area contributed by atoms with Crippen LogP contribution in [0.1, 0.15) is 29.2 Å². The zero-order valence-electron chi connectivity index (χ0n) is 11.3. The van der Waals surface area contributed by atoms with E-state index < -0.39 is 9.05 Å². The maximum Gasteiger partial charge on any atom is 0.289 e. The number of piperidine rings is 1. The van der Waals surface area contributed by atoms with Crippen molar-refractivity contribution < 1.29 is 22.4 Å². The van der Waals surface area contributed by atoms with Crippen molar-refractivity contribution in [3.63, 3.8) is 0 Å². The average Bonchev–Trinajstić information content (AvgIpc) is 2.80. The Morgan fingerprint density at radius 1 is 1.55 bits per heavy atom. The Hall–Kier alpha value is -1.05. The molecule has 0 N–H and O–H groups in total. The minimum Gasteiger partial charge on any atom is -0.455 e. The fourth-order valence-corrected chi connectivity index (χ4v) is 3.38. The predicted molar refractivity (Wildman–Crippen MR) is 72.4 cm³/mol. The molecule has 1 aromatic rings. The molecule has 1 unspecified atom stereocenters. The predicted octanol–water partition coefficient (Wildman–Crippen LogP) is 1.77. The summed E-state index contributed by atoms with van der Waals surface area (Å²) >= 11 is 0. The Morgan fingerprint density at radius 3 is 2.80 bits per heavy atom. The van der Waals surface area contributed by atoms with Gasteiger partial charge in [-0.3, -0.25) is 4.79 Å². The lowest BCUT2D eigenvalue weighted by molar-refractivity contribution is 0.0252. The second-order valence-corrected chi connectivity index (χ2v) is 7.25. The number of amides is 1. The van der Waals surface area contributed by atoms with Crippen LogP contribution in [0.15, 0.2) is 15.4 Å². The number of carbonyl (C=O) groups is 1. The van der Waals surface area contributed by atoms with Gasteiger partial charge in [-0.25, -0.2) is 8.42 Å². The first-order valence-electron chi connectivity index (χ1n) is 6.20. The van der Waals surface area contributed by atoms with E-state index in [4.69, 9.17) is 19.8 Å². The third kappa shape index (κ3) is 3.16. The van der Waals surface area contributed by atoms with Crippen LogP contribution in [0.4, 0.5) is 0 Å². The summed E-state index contributed by atoms with van der Waals surface area (Å²) in [5.41, 5.74) is 0. The number of carbonyl (C=O) groups excluding carboxylic acids is 1. The summed E-state index contributed by atoms with van der Waals surface area (Å²) in [5.74, 6) is -0.247. The number of likely N-dealkylation sites (tertiary alicyclic amines) is 1. The Kier molecular flexibility index (Phi) is 4.41. The number of halogens is 1. The van der Waals surface area contributed by atoms with E-state index in [-0.39, 0.29) is 28.4 Å². The van der Waals surface area contributed by atoms with Crippen molar-refractivity contribution in [3.8, 4) is 0 Å². The molecule has 0 saturated carbocycles. The van der Waals surface area contributed by atoms with Gasteiger partial charge in [0.1, 0.15) is 10.7 Å². The van der Waals surface area contributed by atoms with Gasteiger partial charge in [-0.2, -0.15) is 0 Å². The summed E-state index contributed by atoms with van der Waals surface area (Å²) in [5, 5.41) is 0. The molecule has 0 spiro atoms. The van der Waals surface area contributed by atoms with Crippen molar-refractivity contribution in [2.24, 2.45) is 0 Å². The first-order valence-corrected chi connectivity index (χ1v) is 8.51. The highest BCUT2D eigenvalue weighted by atomic mass is 35.7. The van der Waals surface area contributed by atoms with Crippen LogP contribution in [0, 0.1) is 6.92 Å². The van der Waals surface area contributed by atoms with Gasteiger partial charge in [0.25, 0.3) is 15.0 Å². The maximum atomic E-state index is 12.3. The summed E-state index contributed by atoms with van der Waals surface area (Å²) in [6, 6.07) is 1.18. The molecular formula is C12H16ClNO5S. The molecule has 1 aliphatic rings. The van der Waals surface area contributed by atoms with Crippen LogP contribution in [0.25, 0.3) is 0 Å². The molecule has 0 radical (unpaired) electrons. The van der Waals surface area contributed by atoms with Crippen LogP contribution in [0.2, 0.25) is 0 Å². The third-order valence-corrected chi connectivity index (χ3v) is 4.77. The van der Waals surface area contributed by atoms with Gasteiger partial charge in [0, 0.05) is 36.9 Å². The van der Waals surface area contributed by atoms with Crippen LogP contribution < -0.4 is 0 Å². The lowest BCUT2D eigenvalue weighted by atomic mass is 10.1. The second-order valence-electron chi connectivity index (χ2n) is 4.72. The highest BCUT2D eigenvalue weighted by molar-refractivity contribution is 8.13. The summed E-state index contributed by atoms with van der Waals surface area (Å²) in [4.78, 5) is 13.7. The van der Waals surface area contributed by atoms with Gasteiger partial charge in [-0.1, -0.05) is 0 Å². The topological polar surface area (TPSA) is 76.8 Å². The molecule has 1 amide bonds. The van der Waals surface area contributed by atoms with Gasteiger partial charge in [-0.15, -0.1) is 0 Å². The molecule has 2 rings (SSSR count). The van der Waals surface area contributed by atoms with Crippen molar-refractivity contribution in [1.29, 1.82) is 0 Å². The van der Waals surface area contributed by atoms with E-state index in [0.717, 1.165) is 12.8 Å². The molecule has 1 aliphatic heterocycles. The normalized spacial score (nSPS) is 20.1. The highest BCUT2D eigenvalue weighted by Gasteiger charge is 2.28. The first-order chi connectivity index (χ1) is 9.32. The number of furan rings is 1. The Labute approximate surface area is 122 Å². The number of nitrogens with zero attached hydrogens (tertiary/aromatic N) is 1. The minimum absolute atomic E-state index is 0.00000998. The monoisotopic (exact) mass is 321 g/mol. The number of ether oxygens (including phenoxy) is 1. The van der Waals surface area contributed by atoms with Gasteiger partial charge >= 0.3 is 0 Å². The van der Waals surface area contributed by atoms with E-state index in [1.54, 1.807) is 12.0 Å². The van der Waals surface area contributed by atoms with Crippen LogP contribution in [-0.2, 0) is 13.8 Å². The minimum atomic E-state index is -3.91. The number of hydrogen-bond acceptors (Lipinski definition) is 5. The van der Waals surface area contributed by atoms with E-state index in [1.807, 2.05) is 0 Å². The number of hydrogen-bond donors (Lipinski definition) is 0. The van der Waals surface area contributed by atoms with Gasteiger partial charge in [0.2, 0.25) is 0 Å². The molecular weight excluding hydrogens is 306 g/mol. The summed E-state index contributed by atoms with van der Waals surface area (Å²) in [6.07, 6.45) is 1.74. The molecule has 2 heterocycles. The maximum absolute atomic E-state index is 12.3. The van der Waals surface area contributed by atoms with Crippen molar-refractivity contribution in [2.45, 2.75) is 30.8 Å². The molecule has 0 aliphatic carbocycles. The fourth-order valence-electron chi connectivity index (χ4n) is 2.28. The van der Waals surface area contributed by atoms with Gasteiger partial charge in [-0.05, 0) is 19.8 Å². The van der Waals surface area contributed by atoms with E-state index >= 15 is 0 Å².